The molecule has 0 aliphatic carbocycles. The molecule has 0 aliphatic heterocycles. The van der Waals surface area contributed by atoms with Gasteiger partial charge in [0.15, 0.2) is 10.3 Å². The molecule has 0 amide bonds. The summed E-state index contributed by atoms with van der Waals surface area (Å²) in [4.78, 5) is 3.78. The number of nitrogens with zero attached hydrogens (tertiary/aromatic N) is 5. The molecule has 0 unspecified atom stereocenters. The van der Waals surface area contributed by atoms with Gasteiger partial charge in [0.25, 0.3) is 0 Å². The van der Waals surface area contributed by atoms with E-state index in [1.54, 1.807) is 49.1 Å². The topological polar surface area (TPSA) is 64.5 Å². The summed E-state index contributed by atoms with van der Waals surface area (Å²) in [6, 6.07) is 12.5. The predicted molar refractivity (Wildman–Crippen MR) is 78.3 cm³/mol. The van der Waals surface area contributed by atoms with Crippen molar-refractivity contribution in [2.24, 2.45) is 0 Å². The van der Waals surface area contributed by atoms with Crippen molar-refractivity contribution in [1.29, 1.82) is 0 Å². The summed E-state index contributed by atoms with van der Waals surface area (Å²) in [6.45, 7) is 0. The van der Waals surface area contributed by atoms with Gasteiger partial charge in [0, 0.05) is 24.8 Å². The molecule has 3 rings (SSSR count). The molecule has 0 saturated heterocycles. The number of halogens is 2. The highest BCUT2D eigenvalue weighted by atomic mass is 35.5. The lowest BCUT2D eigenvalue weighted by atomic mass is 10.5. The Morgan fingerprint density at radius 3 is 1.25 bits per heavy atom. The average Bonchev–Trinajstić information content (AvgIpc) is 2.52. The molecule has 5 nitrogen and oxygen atoms in total. The zero-order chi connectivity index (χ0) is 14.5. The van der Waals surface area contributed by atoms with Gasteiger partial charge in [0.05, 0.1) is 0 Å². The Bertz CT molecular complexity index is 487. The van der Waals surface area contributed by atoms with Crippen LogP contribution in [0.3, 0.4) is 0 Å². The van der Waals surface area contributed by atoms with Crippen molar-refractivity contribution in [3.8, 4) is 0 Å². The van der Waals surface area contributed by atoms with Gasteiger partial charge < -0.3 is 0 Å². The van der Waals surface area contributed by atoms with Crippen molar-refractivity contribution >= 4 is 23.2 Å². The van der Waals surface area contributed by atoms with E-state index < -0.39 is 0 Å². The van der Waals surface area contributed by atoms with Gasteiger partial charge in [-0.05, 0) is 36.4 Å². The van der Waals surface area contributed by atoms with E-state index in [0.717, 1.165) is 0 Å². The van der Waals surface area contributed by atoms with Crippen molar-refractivity contribution in [2.75, 3.05) is 0 Å². The molecule has 102 valence electrons. The van der Waals surface area contributed by atoms with Gasteiger partial charge >= 0.3 is 0 Å². The normalized spacial score (nSPS) is 8.50. The molecule has 0 atom stereocenters. The number of aromatic nitrogens is 5. The minimum absolute atomic E-state index is 0.433. The van der Waals surface area contributed by atoms with Crippen LogP contribution in [0.15, 0.2) is 67.3 Å². The third-order valence-corrected chi connectivity index (χ3v) is 2.05. The maximum atomic E-state index is 5.37. The third-order valence-electron chi connectivity index (χ3n) is 1.65. The average molecular weight is 308 g/mol. The zero-order valence-electron chi connectivity index (χ0n) is 10.3. The second kappa shape index (κ2) is 10.8. The Balaban J connectivity index is 0.000000151. The van der Waals surface area contributed by atoms with Crippen LogP contribution in [0, 0.1) is 0 Å². The lowest BCUT2D eigenvalue weighted by Gasteiger charge is -1.78. The fraction of sp³-hybridized carbons (Fsp3) is 0. The fourth-order valence-corrected chi connectivity index (χ4v) is 1.11. The van der Waals surface area contributed by atoms with Crippen molar-refractivity contribution in [3.05, 3.63) is 77.6 Å². The van der Waals surface area contributed by atoms with Crippen molar-refractivity contribution in [3.63, 3.8) is 0 Å². The quantitative estimate of drug-likeness (QED) is 0.637. The first-order valence-corrected chi connectivity index (χ1v) is 6.26. The van der Waals surface area contributed by atoms with E-state index in [0.29, 0.717) is 10.3 Å². The highest BCUT2D eigenvalue weighted by Crippen LogP contribution is 1.96. The minimum atomic E-state index is 0.433. The lowest BCUT2D eigenvalue weighted by Crippen LogP contribution is -1.74. The molecule has 0 N–H and O–H groups in total. The molecule has 0 aromatic carbocycles. The lowest BCUT2D eigenvalue weighted by molar-refractivity contribution is 1.03. The Morgan fingerprint density at radius 2 is 1.10 bits per heavy atom. The van der Waals surface area contributed by atoms with E-state index in [1.165, 1.54) is 0 Å². The molecular formula is C13H11Cl2N5. The van der Waals surface area contributed by atoms with E-state index in [-0.39, 0.29) is 0 Å². The Kier molecular flexibility index (Phi) is 8.59. The molecule has 0 saturated carbocycles. The Hall–Kier alpha value is -2.11. The van der Waals surface area contributed by atoms with Gasteiger partial charge in [-0.1, -0.05) is 29.3 Å². The van der Waals surface area contributed by atoms with E-state index in [2.05, 4.69) is 25.4 Å². The van der Waals surface area contributed by atoms with Crippen LogP contribution in [0.1, 0.15) is 0 Å². The molecule has 0 aliphatic rings. The number of pyridine rings is 1. The first-order chi connectivity index (χ1) is 9.79. The van der Waals surface area contributed by atoms with Crippen molar-refractivity contribution < 1.29 is 0 Å². The number of hydrogen-bond donors (Lipinski definition) is 0. The molecule has 0 spiro atoms. The summed E-state index contributed by atoms with van der Waals surface area (Å²) in [6.07, 6.45) is 6.65. The maximum Gasteiger partial charge on any atom is 0.151 e. The van der Waals surface area contributed by atoms with Gasteiger partial charge in [-0.3, -0.25) is 4.98 Å². The predicted octanol–water partition coefficient (Wildman–Crippen LogP) is 3.34. The van der Waals surface area contributed by atoms with Gasteiger partial charge in [0.1, 0.15) is 0 Å². The van der Waals surface area contributed by atoms with Gasteiger partial charge in [-0.15, -0.1) is 10.2 Å². The molecule has 20 heavy (non-hydrogen) atoms. The standard InChI is InChI=1S/C5H5N.2C4H3ClN2/c1-2-4-6-5-3-1;2*5-4-2-1-3-6-7-4/h1-5H;2*1-3H. The molecule has 3 aromatic rings. The van der Waals surface area contributed by atoms with Gasteiger partial charge in [-0.2, -0.15) is 10.2 Å². The molecule has 0 fully saturated rings. The van der Waals surface area contributed by atoms with Crippen LogP contribution in [0.2, 0.25) is 10.3 Å². The fourth-order valence-electron chi connectivity index (χ4n) is 0.878. The summed E-state index contributed by atoms with van der Waals surface area (Å²) in [7, 11) is 0. The van der Waals surface area contributed by atoms with Crippen molar-refractivity contribution in [2.45, 2.75) is 0 Å². The monoisotopic (exact) mass is 307 g/mol. The molecule has 7 heteroatoms. The van der Waals surface area contributed by atoms with E-state index >= 15 is 0 Å². The summed E-state index contributed by atoms with van der Waals surface area (Å²) < 4.78 is 0. The largest absolute Gasteiger partial charge is 0.265 e. The second-order valence-corrected chi connectivity index (χ2v) is 3.89. The maximum absolute atomic E-state index is 5.37. The summed E-state index contributed by atoms with van der Waals surface area (Å²) in [5.41, 5.74) is 0. The van der Waals surface area contributed by atoms with Crippen LogP contribution in [0.5, 0.6) is 0 Å². The second-order valence-electron chi connectivity index (χ2n) is 3.12. The summed E-state index contributed by atoms with van der Waals surface area (Å²) >= 11 is 10.7. The third kappa shape index (κ3) is 8.91. The van der Waals surface area contributed by atoms with Gasteiger partial charge in [0.2, 0.25) is 0 Å². The smallest absolute Gasteiger partial charge is 0.151 e. The Labute approximate surface area is 126 Å². The molecule has 0 bridgehead atoms. The molecule has 3 heterocycles. The molecule has 3 aromatic heterocycles. The van der Waals surface area contributed by atoms with Crippen LogP contribution in [0.4, 0.5) is 0 Å². The Morgan fingerprint density at radius 1 is 0.600 bits per heavy atom. The van der Waals surface area contributed by atoms with Crippen molar-refractivity contribution in [1.82, 2.24) is 25.4 Å². The first kappa shape index (κ1) is 15.9. The highest BCUT2D eigenvalue weighted by Gasteiger charge is 1.78. The number of rotatable bonds is 0. The minimum Gasteiger partial charge on any atom is -0.265 e. The van der Waals surface area contributed by atoms with Crippen LogP contribution in [0.25, 0.3) is 0 Å². The van der Waals surface area contributed by atoms with Crippen LogP contribution in [-0.2, 0) is 0 Å². The van der Waals surface area contributed by atoms with E-state index in [9.17, 15) is 0 Å². The summed E-state index contributed by atoms with van der Waals surface area (Å²) in [5.74, 6) is 0. The zero-order valence-corrected chi connectivity index (χ0v) is 11.9. The van der Waals surface area contributed by atoms with Gasteiger partial charge in [-0.25, -0.2) is 0 Å². The first-order valence-electron chi connectivity index (χ1n) is 5.50. The van der Waals surface area contributed by atoms with E-state index in [1.807, 2.05) is 18.2 Å². The molecule has 0 radical (unpaired) electrons. The highest BCUT2D eigenvalue weighted by molar-refractivity contribution is 6.29. The van der Waals surface area contributed by atoms with E-state index in [4.69, 9.17) is 23.2 Å². The van der Waals surface area contributed by atoms with Crippen LogP contribution >= 0.6 is 23.2 Å². The molecular weight excluding hydrogens is 297 g/mol. The number of hydrogen-bond acceptors (Lipinski definition) is 5. The SMILES string of the molecule is Clc1cccnn1.Clc1cccnn1.c1ccncc1. The van der Waals surface area contributed by atoms with Crippen LogP contribution in [-0.4, -0.2) is 25.4 Å². The van der Waals surface area contributed by atoms with Crippen LogP contribution < -0.4 is 0 Å². The summed E-state index contributed by atoms with van der Waals surface area (Å²) in [5, 5.41) is 14.9.